The highest BCUT2D eigenvalue weighted by molar-refractivity contribution is 6.42. The Bertz CT molecular complexity index is 358. The lowest BCUT2D eigenvalue weighted by atomic mass is 10.0. The van der Waals surface area contributed by atoms with Crippen molar-refractivity contribution in [2.24, 2.45) is 5.73 Å². The van der Waals surface area contributed by atoms with Gasteiger partial charge in [-0.25, -0.2) is 4.39 Å². The van der Waals surface area contributed by atoms with Crippen LogP contribution in [0.3, 0.4) is 0 Å². The molecule has 2 N–H and O–H groups in total. The van der Waals surface area contributed by atoms with E-state index in [1.54, 1.807) is 0 Å². The van der Waals surface area contributed by atoms with Gasteiger partial charge in [0.15, 0.2) is 0 Å². The predicted molar refractivity (Wildman–Crippen MR) is 74.7 cm³/mol. The molecule has 1 aromatic rings. The first kappa shape index (κ1) is 17.0. The molecule has 0 aromatic heterocycles. The molecule has 1 rings (SSSR count). The molecule has 0 heterocycles. The van der Waals surface area contributed by atoms with Crippen LogP contribution in [0.25, 0.3) is 0 Å². The van der Waals surface area contributed by atoms with Crippen molar-refractivity contribution in [2.75, 3.05) is 0 Å². The topological polar surface area (TPSA) is 26.0 Å². The number of benzene rings is 1. The average molecular weight is 301 g/mol. The Hall–Kier alpha value is -0.0200. The molecule has 5 heteroatoms. The maximum Gasteiger partial charge on any atom is 0.129 e. The van der Waals surface area contributed by atoms with E-state index in [1.807, 2.05) is 0 Å². The summed E-state index contributed by atoms with van der Waals surface area (Å²) >= 11 is 11.8. The summed E-state index contributed by atoms with van der Waals surface area (Å²) in [4.78, 5) is 0. The molecule has 0 bridgehead atoms. The van der Waals surface area contributed by atoms with Gasteiger partial charge in [0.05, 0.1) is 10.0 Å². The molecule has 0 aliphatic carbocycles. The van der Waals surface area contributed by atoms with Crippen molar-refractivity contribution in [3.8, 4) is 0 Å². The smallest absolute Gasteiger partial charge is 0.129 e. The fraction of sp³-hybridized carbons (Fsp3) is 0.500. The fourth-order valence-corrected chi connectivity index (χ4v) is 2.10. The van der Waals surface area contributed by atoms with Crippen LogP contribution in [0, 0.1) is 5.82 Å². The molecular formula is C12H17Cl3FN. The van der Waals surface area contributed by atoms with E-state index in [-0.39, 0.29) is 29.3 Å². The molecule has 0 spiro atoms. The summed E-state index contributed by atoms with van der Waals surface area (Å²) in [6.45, 7) is 2.11. The van der Waals surface area contributed by atoms with E-state index in [9.17, 15) is 4.39 Å². The molecule has 1 atom stereocenters. The van der Waals surface area contributed by atoms with Gasteiger partial charge in [0, 0.05) is 11.6 Å². The molecule has 0 aliphatic rings. The molecule has 0 saturated heterocycles. The van der Waals surface area contributed by atoms with E-state index in [2.05, 4.69) is 6.92 Å². The second-order valence-electron chi connectivity index (χ2n) is 3.86. The highest BCUT2D eigenvalue weighted by Gasteiger charge is 2.17. The highest BCUT2D eigenvalue weighted by atomic mass is 35.5. The van der Waals surface area contributed by atoms with Gasteiger partial charge in [0.1, 0.15) is 5.82 Å². The van der Waals surface area contributed by atoms with Crippen LogP contribution in [-0.4, -0.2) is 0 Å². The zero-order valence-electron chi connectivity index (χ0n) is 9.68. The van der Waals surface area contributed by atoms with Crippen molar-refractivity contribution >= 4 is 35.6 Å². The van der Waals surface area contributed by atoms with Gasteiger partial charge in [-0.3, -0.25) is 0 Å². The zero-order chi connectivity index (χ0) is 12.1. The van der Waals surface area contributed by atoms with Gasteiger partial charge in [0.25, 0.3) is 0 Å². The van der Waals surface area contributed by atoms with Gasteiger partial charge in [0.2, 0.25) is 0 Å². The molecule has 0 saturated carbocycles. The summed E-state index contributed by atoms with van der Waals surface area (Å²) in [5, 5.41) is 0.592. The van der Waals surface area contributed by atoms with Crippen molar-refractivity contribution in [1.82, 2.24) is 0 Å². The minimum absolute atomic E-state index is 0. The summed E-state index contributed by atoms with van der Waals surface area (Å²) in [6, 6.07) is 2.38. The van der Waals surface area contributed by atoms with Crippen molar-refractivity contribution in [1.29, 1.82) is 0 Å². The number of unbranched alkanes of at least 4 members (excludes halogenated alkanes) is 2. The van der Waals surface area contributed by atoms with E-state index >= 15 is 0 Å². The predicted octanol–water partition coefficient (Wildman–Crippen LogP) is 5.13. The van der Waals surface area contributed by atoms with Crippen LogP contribution < -0.4 is 5.73 Å². The maximum absolute atomic E-state index is 13.6. The van der Waals surface area contributed by atoms with Gasteiger partial charge in [-0.15, -0.1) is 12.4 Å². The Morgan fingerprint density at radius 1 is 1.29 bits per heavy atom. The number of hydrogen-bond donors (Lipinski definition) is 1. The Morgan fingerprint density at radius 2 is 1.94 bits per heavy atom. The van der Waals surface area contributed by atoms with Crippen molar-refractivity contribution in [3.05, 3.63) is 33.6 Å². The third kappa shape index (κ3) is 4.63. The molecule has 17 heavy (non-hydrogen) atoms. The first-order valence-corrected chi connectivity index (χ1v) is 6.22. The van der Waals surface area contributed by atoms with Crippen molar-refractivity contribution < 1.29 is 4.39 Å². The monoisotopic (exact) mass is 299 g/mol. The Balaban J connectivity index is 0.00000256. The van der Waals surface area contributed by atoms with Crippen LogP contribution in [0.1, 0.15) is 44.2 Å². The molecule has 0 radical (unpaired) electrons. The third-order valence-corrected chi connectivity index (χ3v) is 3.39. The normalized spacial score (nSPS) is 12.1. The summed E-state index contributed by atoms with van der Waals surface area (Å²) in [7, 11) is 0. The van der Waals surface area contributed by atoms with Crippen LogP contribution >= 0.6 is 35.6 Å². The molecule has 0 amide bonds. The molecular weight excluding hydrogens is 283 g/mol. The molecule has 0 aliphatic heterocycles. The van der Waals surface area contributed by atoms with Crippen LogP contribution in [0.4, 0.5) is 4.39 Å². The fourth-order valence-electron chi connectivity index (χ4n) is 1.64. The Morgan fingerprint density at radius 3 is 2.53 bits per heavy atom. The van der Waals surface area contributed by atoms with Crippen LogP contribution in [0.15, 0.2) is 12.1 Å². The largest absolute Gasteiger partial charge is 0.324 e. The number of halogens is 4. The zero-order valence-corrected chi connectivity index (χ0v) is 12.0. The maximum atomic E-state index is 13.6. The molecule has 98 valence electrons. The van der Waals surface area contributed by atoms with Gasteiger partial charge in [-0.1, -0.05) is 49.4 Å². The lowest BCUT2D eigenvalue weighted by Crippen LogP contribution is -2.13. The van der Waals surface area contributed by atoms with E-state index < -0.39 is 0 Å². The molecule has 1 aromatic carbocycles. The lowest BCUT2D eigenvalue weighted by Gasteiger charge is -2.15. The Labute approximate surface area is 118 Å². The second kappa shape index (κ2) is 8.15. The lowest BCUT2D eigenvalue weighted by molar-refractivity contribution is 0.539. The van der Waals surface area contributed by atoms with Crippen LogP contribution in [0.5, 0.6) is 0 Å². The summed E-state index contributed by atoms with van der Waals surface area (Å²) < 4.78 is 13.6. The SMILES string of the molecule is CCCCC[C@H](N)c1c(F)ccc(Cl)c1Cl.Cl. The number of hydrogen-bond acceptors (Lipinski definition) is 1. The highest BCUT2D eigenvalue weighted by Crippen LogP contribution is 2.33. The third-order valence-electron chi connectivity index (χ3n) is 2.57. The number of nitrogens with two attached hydrogens (primary N) is 1. The summed E-state index contributed by atoms with van der Waals surface area (Å²) in [6.07, 6.45) is 3.90. The Kier molecular flexibility index (Phi) is 8.14. The van der Waals surface area contributed by atoms with Crippen molar-refractivity contribution in [2.45, 2.75) is 38.6 Å². The van der Waals surface area contributed by atoms with E-state index in [1.165, 1.54) is 12.1 Å². The van der Waals surface area contributed by atoms with Gasteiger partial charge < -0.3 is 5.73 Å². The quantitative estimate of drug-likeness (QED) is 0.592. The molecule has 0 fully saturated rings. The minimum Gasteiger partial charge on any atom is -0.324 e. The van der Waals surface area contributed by atoms with Crippen LogP contribution in [-0.2, 0) is 0 Å². The van der Waals surface area contributed by atoms with E-state index in [4.69, 9.17) is 28.9 Å². The van der Waals surface area contributed by atoms with Gasteiger partial charge >= 0.3 is 0 Å². The van der Waals surface area contributed by atoms with E-state index in [0.29, 0.717) is 10.6 Å². The van der Waals surface area contributed by atoms with Crippen LogP contribution in [0.2, 0.25) is 10.0 Å². The van der Waals surface area contributed by atoms with Crippen molar-refractivity contribution in [3.63, 3.8) is 0 Å². The van der Waals surface area contributed by atoms with E-state index in [0.717, 1.165) is 25.7 Å². The first-order chi connectivity index (χ1) is 7.57. The van der Waals surface area contributed by atoms with Gasteiger partial charge in [-0.2, -0.15) is 0 Å². The standard InChI is InChI=1S/C12H16Cl2FN.ClH/c1-2-3-4-5-10(16)11-9(15)7-6-8(13)12(11)14;/h6-7,10H,2-5,16H2,1H3;1H/t10-;/m0./s1. The molecule has 0 unspecified atom stereocenters. The molecule has 1 nitrogen and oxygen atoms in total. The first-order valence-electron chi connectivity index (χ1n) is 5.46. The summed E-state index contributed by atoms with van der Waals surface area (Å²) in [5.41, 5.74) is 6.26. The summed E-state index contributed by atoms with van der Waals surface area (Å²) in [5.74, 6) is -0.376. The number of rotatable bonds is 5. The second-order valence-corrected chi connectivity index (χ2v) is 4.64. The minimum atomic E-state index is -0.377. The van der Waals surface area contributed by atoms with Gasteiger partial charge in [-0.05, 0) is 18.6 Å². The average Bonchev–Trinajstić information content (AvgIpc) is 2.24.